The number of carbonyl (C=O) groups excluding carboxylic acids is 3. The molecule has 1 amide bonds. The van der Waals surface area contributed by atoms with Crippen LogP contribution in [0.1, 0.15) is 27.1 Å². The van der Waals surface area contributed by atoms with Crippen LogP contribution in [0.3, 0.4) is 0 Å². The Bertz CT molecular complexity index is 995. The Balaban J connectivity index is 1.55. The molecule has 2 heterocycles. The Morgan fingerprint density at radius 3 is 2.79 bits per heavy atom. The molecule has 1 aliphatic rings. The molecule has 1 aromatic carbocycles. The van der Waals surface area contributed by atoms with Crippen LogP contribution in [-0.2, 0) is 14.3 Å². The van der Waals surface area contributed by atoms with Gasteiger partial charge in [-0.15, -0.1) is 18.3 Å². The molecule has 0 aliphatic carbocycles. The summed E-state index contributed by atoms with van der Waals surface area (Å²) in [6, 6.07) is 10.1. The molecule has 9 heteroatoms. The lowest BCUT2D eigenvalue weighted by molar-refractivity contribution is -0.139. The van der Waals surface area contributed by atoms with Gasteiger partial charge < -0.3 is 19.1 Å². The fourth-order valence-corrected chi connectivity index (χ4v) is 3.93. The molecular formula is C24H26N2O6S. The highest BCUT2D eigenvalue weighted by atomic mass is 32.2. The van der Waals surface area contributed by atoms with Crippen molar-refractivity contribution >= 4 is 29.4 Å². The molecule has 1 aromatic heterocycles. The summed E-state index contributed by atoms with van der Waals surface area (Å²) in [5.41, 5.74) is 0.971. The molecule has 3 rings (SSSR count). The van der Waals surface area contributed by atoms with Crippen LogP contribution in [0.25, 0.3) is 0 Å². The number of aromatic nitrogens is 1. The number of esters is 1. The number of morpholine rings is 1. The van der Waals surface area contributed by atoms with Crippen molar-refractivity contribution in [1.82, 2.24) is 9.88 Å². The molecule has 1 aliphatic heterocycles. The predicted molar refractivity (Wildman–Crippen MR) is 124 cm³/mol. The van der Waals surface area contributed by atoms with Gasteiger partial charge in [-0.2, -0.15) is 0 Å². The van der Waals surface area contributed by atoms with E-state index in [1.807, 2.05) is 0 Å². The molecule has 1 saturated heterocycles. The summed E-state index contributed by atoms with van der Waals surface area (Å²) in [7, 11) is 1.24. The quantitative estimate of drug-likeness (QED) is 0.172. The summed E-state index contributed by atoms with van der Waals surface area (Å²) in [4.78, 5) is 42.4. The molecule has 1 fully saturated rings. The molecule has 0 N–H and O–H groups in total. The zero-order valence-electron chi connectivity index (χ0n) is 18.4. The molecule has 0 saturated carbocycles. The maximum absolute atomic E-state index is 13.1. The number of nitrogens with zero attached hydrogens (tertiary/aromatic N) is 2. The third-order valence-electron chi connectivity index (χ3n) is 4.91. The molecule has 1 atom stereocenters. The molecule has 0 radical (unpaired) electrons. The first-order chi connectivity index (χ1) is 16.0. The van der Waals surface area contributed by atoms with Crippen LogP contribution in [-0.4, -0.2) is 72.8 Å². The van der Waals surface area contributed by atoms with Crippen molar-refractivity contribution < 1.29 is 28.6 Å². The van der Waals surface area contributed by atoms with E-state index in [0.29, 0.717) is 47.4 Å². The van der Waals surface area contributed by atoms with E-state index in [9.17, 15) is 14.4 Å². The number of amides is 1. The monoisotopic (exact) mass is 470 g/mol. The normalized spacial score (nSPS) is 15.5. The SMILES string of the molecule is C=CCSc1ncccc1C(=O)N1CCOC(COc2ccc(C(=O)CC(=O)OC)cc2)C1. The van der Waals surface area contributed by atoms with Gasteiger partial charge in [-0.05, 0) is 36.4 Å². The maximum atomic E-state index is 13.1. The number of rotatable bonds is 10. The number of hydrogen-bond acceptors (Lipinski definition) is 8. The number of Topliss-reactive ketones (excluding diaryl/α,β-unsaturated/α-hetero) is 1. The van der Waals surface area contributed by atoms with E-state index in [1.54, 1.807) is 53.6 Å². The van der Waals surface area contributed by atoms with E-state index in [2.05, 4.69) is 16.3 Å². The first-order valence-corrected chi connectivity index (χ1v) is 11.4. The highest BCUT2D eigenvalue weighted by molar-refractivity contribution is 7.99. The van der Waals surface area contributed by atoms with Gasteiger partial charge in [0.15, 0.2) is 5.78 Å². The lowest BCUT2D eigenvalue weighted by Crippen LogP contribution is -2.47. The van der Waals surface area contributed by atoms with Crippen molar-refractivity contribution in [2.75, 3.05) is 39.2 Å². The van der Waals surface area contributed by atoms with E-state index in [1.165, 1.54) is 18.9 Å². The number of thioether (sulfide) groups is 1. The van der Waals surface area contributed by atoms with Gasteiger partial charge in [-0.25, -0.2) is 4.98 Å². The molecule has 33 heavy (non-hydrogen) atoms. The van der Waals surface area contributed by atoms with Crippen LogP contribution in [0, 0.1) is 0 Å². The second-order valence-corrected chi connectivity index (χ2v) is 8.22. The van der Waals surface area contributed by atoms with Gasteiger partial charge in [0.1, 0.15) is 29.9 Å². The number of ether oxygens (including phenoxy) is 3. The molecule has 0 spiro atoms. The van der Waals surface area contributed by atoms with Crippen LogP contribution in [0.2, 0.25) is 0 Å². The second kappa shape index (κ2) is 12.2. The number of benzene rings is 1. The highest BCUT2D eigenvalue weighted by Gasteiger charge is 2.27. The van der Waals surface area contributed by atoms with Gasteiger partial charge >= 0.3 is 5.97 Å². The van der Waals surface area contributed by atoms with E-state index in [0.717, 1.165) is 0 Å². The Kier molecular flexibility index (Phi) is 9.03. The topological polar surface area (TPSA) is 95.0 Å². The zero-order valence-corrected chi connectivity index (χ0v) is 19.2. The molecule has 174 valence electrons. The molecule has 2 aromatic rings. The number of pyridine rings is 1. The maximum Gasteiger partial charge on any atom is 0.313 e. The van der Waals surface area contributed by atoms with Crippen LogP contribution < -0.4 is 4.74 Å². The number of carbonyl (C=O) groups is 3. The third kappa shape index (κ3) is 6.90. The lowest BCUT2D eigenvalue weighted by Gasteiger charge is -2.33. The summed E-state index contributed by atoms with van der Waals surface area (Å²) < 4.78 is 16.1. The van der Waals surface area contributed by atoms with Gasteiger partial charge in [0.25, 0.3) is 5.91 Å². The molecule has 0 bridgehead atoms. The molecular weight excluding hydrogens is 444 g/mol. The molecule has 8 nitrogen and oxygen atoms in total. The fourth-order valence-electron chi connectivity index (χ4n) is 3.21. The average Bonchev–Trinajstić information content (AvgIpc) is 2.86. The van der Waals surface area contributed by atoms with E-state index < -0.39 is 5.97 Å². The molecule has 1 unspecified atom stereocenters. The van der Waals surface area contributed by atoms with Gasteiger partial charge in [0.05, 0.1) is 25.8 Å². The van der Waals surface area contributed by atoms with Gasteiger partial charge in [0, 0.05) is 24.1 Å². The van der Waals surface area contributed by atoms with E-state index in [4.69, 9.17) is 9.47 Å². The van der Waals surface area contributed by atoms with Crippen molar-refractivity contribution in [3.05, 3.63) is 66.4 Å². The van der Waals surface area contributed by atoms with Crippen molar-refractivity contribution in [3.8, 4) is 5.75 Å². The third-order valence-corrected chi connectivity index (χ3v) is 5.91. The van der Waals surface area contributed by atoms with Crippen molar-refractivity contribution in [1.29, 1.82) is 0 Å². The Hall–Kier alpha value is -3.17. The summed E-state index contributed by atoms with van der Waals surface area (Å²) in [6.07, 6.45) is 2.86. The Labute approximate surface area is 196 Å². The minimum Gasteiger partial charge on any atom is -0.491 e. The Morgan fingerprint density at radius 2 is 2.06 bits per heavy atom. The van der Waals surface area contributed by atoms with E-state index in [-0.39, 0.29) is 30.8 Å². The summed E-state index contributed by atoms with van der Waals surface area (Å²) in [5.74, 6) is 0.249. The minimum absolute atomic E-state index is 0.0866. The van der Waals surface area contributed by atoms with Crippen LogP contribution in [0.5, 0.6) is 5.75 Å². The summed E-state index contributed by atoms with van der Waals surface area (Å²) in [5, 5.41) is 0.684. The van der Waals surface area contributed by atoms with E-state index >= 15 is 0 Å². The van der Waals surface area contributed by atoms with Crippen LogP contribution >= 0.6 is 11.8 Å². The standard InChI is InChI=1S/C24H26N2O6S/c1-3-13-33-23-20(5-4-10-25-23)24(29)26-11-12-31-19(15-26)16-32-18-8-6-17(7-9-18)21(27)14-22(28)30-2/h3-10,19H,1,11-16H2,2H3. The predicted octanol–water partition coefficient (Wildman–Crippen LogP) is 3.03. The first-order valence-electron chi connectivity index (χ1n) is 10.4. The Morgan fingerprint density at radius 1 is 1.27 bits per heavy atom. The summed E-state index contributed by atoms with van der Waals surface area (Å²) in [6.45, 7) is 5.27. The number of hydrogen-bond donors (Lipinski definition) is 0. The zero-order chi connectivity index (χ0) is 23.6. The van der Waals surface area contributed by atoms with Crippen LogP contribution in [0.15, 0.2) is 60.3 Å². The largest absolute Gasteiger partial charge is 0.491 e. The lowest BCUT2D eigenvalue weighted by atomic mass is 10.1. The smallest absolute Gasteiger partial charge is 0.313 e. The van der Waals surface area contributed by atoms with Gasteiger partial charge in [-0.1, -0.05) is 6.08 Å². The number of methoxy groups -OCH3 is 1. The average molecular weight is 471 g/mol. The van der Waals surface area contributed by atoms with Crippen molar-refractivity contribution in [2.24, 2.45) is 0 Å². The highest BCUT2D eigenvalue weighted by Crippen LogP contribution is 2.22. The van der Waals surface area contributed by atoms with Crippen LogP contribution in [0.4, 0.5) is 0 Å². The van der Waals surface area contributed by atoms with Crippen molar-refractivity contribution in [3.63, 3.8) is 0 Å². The second-order valence-electron chi connectivity index (χ2n) is 7.21. The fraction of sp³-hybridized carbons (Fsp3) is 0.333. The number of ketones is 1. The van der Waals surface area contributed by atoms with Gasteiger partial charge in [-0.3, -0.25) is 14.4 Å². The minimum atomic E-state index is -0.577. The first kappa shape index (κ1) is 24.5. The van der Waals surface area contributed by atoms with Gasteiger partial charge in [0.2, 0.25) is 0 Å². The summed E-state index contributed by atoms with van der Waals surface area (Å²) >= 11 is 1.47. The van der Waals surface area contributed by atoms with Crippen molar-refractivity contribution in [2.45, 2.75) is 17.6 Å².